The monoisotopic (exact) mass is 550 g/mol. The number of ether oxygens (including phenoxy) is 3. The summed E-state index contributed by atoms with van der Waals surface area (Å²) in [5, 5.41) is 14.7. The summed E-state index contributed by atoms with van der Waals surface area (Å²) in [5.74, 6) is 0.300. The number of amides is 2. The van der Waals surface area contributed by atoms with E-state index in [1.54, 1.807) is 30.8 Å². The van der Waals surface area contributed by atoms with Crippen molar-refractivity contribution in [1.82, 2.24) is 5.32 Å². The number of thioether (sulfide) groups is 1. The summed E-state index contributed by atoms with van der Waals surface area (Å²) < 4.78 is 17.8. The number of aliphatic hydroxyl groups excluding tert-OH is 1. The lowest BCUT2D eigenvalue weighted by Gasteiger charge is -2.41. The van der Waals surface area contributed by atoms with Gasteiger partial charge in [0.15, 0.2) is 6.29 Å². The van der Waals surface area contributed by atoms with Crippen LogP contribution in [0.1, 0.15) is 42.9 Å². The number of carbonyl (C=O) groups excluding carboxylic acids is 2. The summed E-state index contributed by atoms with van der Waals surface area (Å²) in [7, 11) is 0. The van der Waals surface area contributed by atoms with Crippen LogP contribution in [0.2, 0.25) is 0 Å². The Labute approximate surface area is 233 Å². The fourth-order valence-electron chi connectivity index (χ4n) is 4.31. The molecule has 1 fully saturated rings. The minimum absolute atomic E-state index is 0.0173. The Bertz CT molecular complexity index is 1220. The second kappa shape index (κ2) is 14.1. The van der Waals surface area contributed by atoms with Crippen LogP contribution in [0.5, 0.6) is 0 Å². The van der Waals surface area contributed by atoms with E-state index in [9.17, 15) is 14.7 Å². The number of hydrogen-bond donors (Lipinski definition) is 3. The highest BCUT2D eigenvalue weighted by Crippen LogP contribution is 2.43. The van der Waals surface area contributed by atoms with Gasteiger partial charge < -0.3 is 30.0 Å². The van der Waals surface area contributed by atoms with Gasteiger partial charge >= 0.3 is 12.0 Å². The smallest absolute Gasteiger partial charge is 0.325 e. The van der Waals surface area contributed by atoms with E-state index < -0.39 is 18.3 Å². The molecule has 3 aromatic rings. The van der Waals surface area contributed by atoms with E-state index in [4.69, 9.17) is 14.2 Å². The van der Waals surface area contributed by atoms with E-state index in [2.05, 4.69) is 29.7 Å². The molecule has 0 radical (unpaired) electrons. The average Bonchev–Trinajstić information content (AvgIpc) is 2.96. The molecular formula is C30H34N2O6S. The Morgan fingerprint density at radius 1 is 0.974 bits per heavy atom. The first-order chi connectivity index (χ1) is 19.0. The Hall–Kier alpha value is -3.37. The maximum Gasteiger partial charge on any atom is 0.325 e. The van der Waals surface area contributed by atoms with Crippen molar-refractivity contribution >= 4 is 29.4 Å². The van der Waals surface area contributed by atoms with E-state index in [1.165, 1.54) is 4.90 Å². The summed E-state index contributed by atoms with van der Waals surface area (Å²) in [5.41, 5.74) is 3.15. The van der Waals surface area contributed by atoms with Crippen molar-refractivity contribution in [3.8, 4) is 0 Å². The van der Waals surface area contributed by atoms with Crippen LogP contribution < -0.4 is 10.6 Å². The van der Waals surface area contributed by atoms with Crippen LogP contribution in [0.25, 0.3) is 0 Å². The van der Waals surface area contributed by atoms with Crippen molar-refractivity contribution < 1.29 is 28.9 Å². The third kappa shape index (κ3) is 8.06. The van der Waals surface area contributed by atoms with Crippen molar-refractivity contribution in [2.75, 3.05) is 24.2 Å². The van der Waals surface area contributed by atoms with Crippen LogP contribution >= 0.6 is 11.8 Å². The predicted molar refractivity (Wildman–Crippen MR) is 150 cm³/mol. The number of urea groups is 1. The van der Waals surface area contributed by atoms with Crippen LogP contribution in [-0.2, 0) is 25.6 Å². The SMILES string of the molecule is CCOC(=O)CNC(=O)Nc1cccc([C@H]2O[C@@H](CSc3ccccc3)[C@@H](C)[C@@H](c3ccc(CO)cc3)O2)c1. The molecule has 4 atom stereocenters. The van der Waals surface area contributed by atoms with Gasteiger partial charge in [-0.3, -0.25) is 4.79 Å². The number of hydrogen-bond acceptors (Lipinski definition) is 7. The maximum absolute atomic E-state index is 12.3. The molecule has 1 aliphatic rings. The van der Waals surface area contributed by atoms with E-state index in [1.807, 2.05) is 54.6 Å². The molecule has 3 N–H and O–H groups in total. The fraction of sp³-hybridized carbons (Fsp3) is 0.333. The zero-order valence-electron chi connectivity index (χ0n) is 22.0. The lowest BCUT2D eigenvalue weighted by atomic mass is 9.91. The molecule has 0 saturated carbocycles. The molecule has 1 heterocycles. The van der Waals surface area contributed by atoms with E-state index in [0.29, 0.717) is 5.69 Å². The molecule has 3 aromatic carbocycles. The largest absolute Gasteiger partial charge is 0.465 e. The topological polar surface area (TPSA) is 106 Å². The molecule has 0 unspecified atom stereocenters. The van der Waals surface area contributed by atoms with Crippen LogP contribution in [0.3, 0.4) is 0 Å². The van der Waals surface area contributed by atoms with Gasteiger partial charge in [0.2, 0.25) is 0 Å². The molecule has 0 bridgehead atoms. The summed E-state index contributed by atoms with van der Waals surface area (Å²) in [6.07, 6.45) is -1.00. The zero-order valence-corrected chi connectivity index (χ0v) is 22.9. The molecule has 0 spiro atoms. The van der Waals surface area contributed by atoms with Crippen LogP contribution in [0.15, 0.2) is 83.8 Å². The molecule has 4 rings (SSSR count). The second-order valence-electron chi connectivity index (χ2n) is 9.18. The fourth-order valence-corrected chi connectivity index (χ4v) is 5.40. The Morgan fingerprint density at radius 3 is 2.46 bits per heavy atom. The van der Waals surface area contributed by atoms with Gasteiger partial charge in [0, 0.05) is 27.8 Å². The Morgan fingerprint density at radius 2 is 1.74 bits per heavy atom. The quantitative estimate of drug-likeness (QED) is 0.228. The average molecular weight is 551 g/mol. The third-order valence-electron chi connectivity index (χ3n) is 6.40. The first kappa shape index (κ1) is 28.6. The van der Waals surface area contributed by atoms with Gasteiger partial charge in [0.1, 0.15) is 6.54 Å². The van der Waals surface area contributed by atoms with Crippen molar-refractivity contribution in [3.05, 3.63) is 95.6 Å². The van der Waals surface area contributed by atoms with Crippen LogP contribution in [0, 0.1) is 5.92 Å². The molecule has 8 nitrogen and oxygen atoms in total. The molecule has 0 aliphatic carbocycles. The van der Waals surface area contributed by atoms with Gasteiger partial charge in [-0.25, -0.2) is 4.79 Å². The zero-order chi connectivity index (χ0) is 27.6. The molecule has 2 amide bonds. The lowest BCUT2D eigenvalue weighted by molar-refractivity contribution is -0.268. The van der Waals surface area contributed by atoms with Gasteiger partial charge in [0.05, 0.1) is 25.4 Å². The molecular weight excluding hydrogens is 516 g/mol. The highest BCUT2D eigenvalue weighted by Gasteiger charge is 2.38. The molecule has 39 heavy (non-hydrogen) atoms. The maximum atomic E-state index is 12.3. The van der Waals surface area contributed by atoms with E-state index in [0.717, 1.165) is 22.4 Å². The van der Waals surface area contributed by atoms with E-state index >= 15 is 0 Å². The number of nitrogens with one attached hydrogen (secondary N) is 2. The second-order valence-corrected chi connectivity index (χ2v) is 10.3. The van der Waals surface area contributed by atoms with E-state index in [-0.39, 0.29) is 37.9 Å². The van der Waals surface area contributed by atoms with Gasteiger partial charge in [-0.05, 0) is 42.3 Å². The molecule has 206 valence electrons. The van der Waals surface area contributed by atoms with Gasteiger partial charge in [0.25, 0.3) is 0 Å². The number of anilines is 1. The molecule has 1 aliphatic heterocycles. The summed E-state index contributed by atoms with van der Waals surface area (Å²) >= 11 is 1.74. The van der Waals surface area contributed by atoms with Crippen molar-refractivity contribution in [2.24, 2.45) is 5.92 Å². The standard InChI is InChI=1S/C30H34N2O6S/c1-3-36-27(34)17-31-30(35)32-24-9-7-8-23(16-24)29-37-26(19-39-25-10-5-4-6-11-25)20(2)28(38-29)22-14-12-21(18-33)13-15-22/h4-16,20,26,28-29,33H,3,17-19H2,1-2H3,(H2,31,32,35)/t20-,26+,28+,29+/m1/s1. The minimum Gasteiger partial charge on any atom is -0.465 e. The molecule has 9 heteroatoms. The number of carbonyl (C=O) groups is 2. The highest BCUT2D eigenvalue weighted by atomic mass is 32.2. The van der Waals surface area contributed by atoms with Crippen LogP contribution in [0.4, 0.5) is 10.5 Å². The van der Waals surface area contributed by atoms with Gasteiger partial charge in [-0.2, -0.15) is 0 Å². The summed E-state index contributed by atoms with van der Waals surface area (Å²) in [6.45, 7) is 3.85. The van der Waals surface area contributed by atoms with Gasteiger partial charge in [-0.1, -0.05) is 61.5 Å². The summed E-state index contributed by atoms with van der Waals surface area (Å²) in [4.78, 5) is 25.0. The Kier molecular flexibility index (Phi) is 10.4. The van der Waals surface area contributed by atoms with Crippen molar-refractivity contribution in [3.63, 3.8) is 0 Å². The van der Waals surface area contributed by atoms with Crippen LogP contribution in [-0.4, -0.2) is 42.1 Å². The number of rotatable bonds is 10. The predicted octanol–water partition coefficient (Wildman–Crippen LogP) is 5.45. The van der Waals surface area contributed by atoms with Crippen molar-refractivity contribution in [1.29, 1.82) is 0 Å². The Balaban J connectivity index is 1.51. The number of esters is 1. The number of aliphatic hydroxyl groups is 1. The molecule has 0 aromatic heterocycles. The third-order valence-corrected chi connectivity index (χ3v) is 7.50. The normalized spacial score (nSPS) is 20.7. The lowest BCUT2D eigenvalue weighted by Crippen LogP contribution is -2.38. The first-order valence-electron chi connectivity index (χ1n) is 13.0. The summed E-state index contributed by atoms with van der Waals surface area (Å²) in [6, 6.07) is 24.8. The highest BCUT2D eigenvalue weighted by molar-refractivity contribution is 7.99. The van der Waals surface area contributed by atoms with Gasteiger partial charge in [-0.15, -0.1) is 11.8 Å². The minimum atomic E-state index is -0.658. The van der Waals surface area contributed by atoms with Crippen molar-refractivity contribution in [2.45, 2.75) is 43.8 Å². The number of benzene rings is 3. The first-order valence-corrected chi connectivity index (χ1v) is 13.9. The molecule has 1 saturated heterocycles.